The molecule has 3 aromatic heterocycles. The molecule has 3 aromatic rings. The van der Waals surface area contributed by atoms with E-state index in [0.29, 0.717) is 61.6 Å². The van der Waals surface area contributed by atoms with Gasteiger partial charge in [0, 0.05) is 51.5 Å². The zero-order valence-corrected chi connectivity index (χ0v) is 29.4. The third-order valence-corrected chi connectivity index (χ3v) is 10.2. The van der Waals surface area contributed by atoms with Gasteiger partial charge in [0.2, 0.25) is 0 Å². The van der Waals surface area contributed by atoms with Crippen LogP contribution in [-0.4, -0.2) is 99.3 Å². The van der Waals surface area contributed by atoms with Crippen LogP contribution in [-0.2, 0) is 18.9 Å². The molecule has 2 fully saturated rings. The van der Waals surface area contributed by atoms with Crippen molar-refractivity contribution in [2.45, 2.75) is 34.8 Å². The van der Waals surface area contributed by atoms with Gasteiger partial charge < -0.3 is 44.0 Å². The van der Waals surface area contributed by atoms with Crippen LogP contribution in [0.25, 0.3) is 0 Å². The minimum Gasteiger partial charge on any atom is -0.486 e. The lowest BCUT2D eigenvalue weighted by atomic mass is 10.1. The zero-order chi connectivity index (χ0) is 32.0. The second-order valence-electron chi connectivity index (χ2n) is 11.4. The van der Waals surface area contributed by atoms with Gasteiger partial charge in [-0.25, -0.2) is 19.9 Å². The molecule has 4 aliphatic heterocycles. The van der Waals surface area contributed by atoms with E-state index in [1.807, 2.05) is 18.3 Å². The molecule has 46 heavy (non-hydrogen) atoms. The number of nitrogens with zero attached hydrogens (tertiary/aromatic N) is 6. The van der Waals surface area contributed by atoms with Crippen molar-refractivity contribution in [1.82, 2.24) is 19.9 Å². The third kappa shape index (κ3) is 7.66. The van der Waals surface area contributed by atoms with Gasteiger partial charge in [0.1, 0.15) is 37.0 Å². The standard InChI is InChI=1S/C17H20ClN5O3S.C13H17IN2O3/c1-24-9-25-7-10-4-11-8-26-14-12(2-3-20-16(14)23(11)6-10)27-17-15(19)22-13(18)5-21-17;1-17-8-18-6-9-4-10-7-19-12-11(14)2-3-15-13(12)16(10)5-9/h2-3,5,10-11H,4,6-9H2,1H3,(H2,19,22);2-3,9-10H,4-8H2,1H3/t10-,11-;9-,10-/m00/s1. The van der Waals surface area contributed by atoms with Gasteiger partial charge in [-0.1, -0.05) is 23.4 Å². The van der Waals surface area contributed by atoms with Crippen LogP contribution < -0.4 is 25.0 Å². The van der Waals surface area contributed by atoms with E-state index in [0.717, 1.165) is 70.7 Å². The highest BCUT2D eigenvalue weighted by atomic mass is 127. The average molecular weight is 786 g/mol. The van der Waals surface area contributed by atoms with Crippen LogP contribution >= 0.6 is 46.0 Å². The normalized spacial score (nSPS) is 22.5. The lowest BCUT2D eigenvalue weighted by Crippen LogP contribution is -2.39. The zero-order valence-electron chi connectivity index (χ0n) is 25.6. The minimum absolute atomic E-state index is 0.270. The highest BCUT2D eigenvalue weighted by molar-refractivity contribution is 14.1. The fourth-order valence-corrected chi connectivity index (χ4v) is 7.74. The fourth-order valence-electron chi connectivity index (χ4n) is 6.20. The Labute approximate surface area is 290 Å². The summed E-state index contributed by atoms with van der Waals surface area (Å²) in [4.78, 5) is 22.9. The van der Waals surface area contributed by atoms with Crippen molar-refractivity contribution < 1.29 is 28.4 Å². The summed E-state index contributed by atoms with van der Waals surface area (Å²) >= 11 is 9.53. The number of hydrogen-bond donors (Lipinski definition) is 1. The maximum Gasteiger partial charge on any atom is 0.175 e. The molecule has 0 radical (unpaired) electrons. The van der Waals surface area contributed by atoms with Crippen molar-refractivity contribution in [3.63, 3.8) is 0 Å². The Morgan fingerprint density at radius 1 is 0.913 bits per heavy atom. The predicted molar refractivity (Wildman–Crippen MR) is 182 cm³/mol. The molecule has 7 rings (SSSR count). The van der Waals surface area contributed by atoms with E-state index in [1.54, 1.807) is 20.4 Å². The Bertz CT molecular complexity index is 1500. The smallest absolute Gasteiger partial charge is 0.175 e. The molecule has 0 amide bonds. The van der Waals surface area contributed by atoms with E-state index in [4.69, 9.17) is 45.8 Å². The molecule has 4 aliphatic rings. The van der Waals surface area contributed by atoms with Crippen LogP contribution in [0.3, 0.4) is 0 Å². The van der Waals surface area contributed by atoms with Gasteiger partial charge >= 0.3 is 0 Å². The number of ether oxygens (including phenoxy) is 6. The lowest BCUT2D eigenvalue weighted by molar-refractivity contribution is -0.0415. The van der Waals surface area contributed by atoms with E-state index in [1.165, 1.54) is 18.0 Å². The van der Waals surface area contributed by atoms with E-state index in [-0.39, 0.29) is 5.15 Å². The van der Waals surface area contributed by atoms with Crippen LogP contribution in [0.15, 0.2) is 40.6 Å². The van der Waals surface area contributed by atoms with Crippen molar-refractivity contribution in [1.29, 1.82) is 0 Å². The summed E-state index contributed by atoms with van der Waals surface area (Å²) in [5.74, 6) is 4.77. The number of nitrogens with two attached hydrogens (primary N) is 1. The fraction of sp³-hybridized carbons (Fsp3) is 0.533. The van der Waals surface area contributed by atoms with Crippen LogP contribution in [0.5, 0.6) is 11.5 Å². The largest absolute Gasteiger partial charge is 0.486 e. The highest BCUT2D eigenvalue weighted by Crippen LogP contribution is 2.45. The van der Waals surface area contributed by atoms with Gasteiger partial charge in [0.25, 0.3) is 0 Å². The average Bonchev–Trinajstić information content (AvgIpc) is 3.67. The SMILES string of the molecule is COCOC[C@H]1C[C@H]2COc3c(I)ccnc3N2C1.COCOC[C@H]1C[C@H]2COc3c(Sc4ncc(Cl)nc4N)ccnc3N2C1. The molecular formula is C30H37ClIN7O6S. The van der Waals surface area contributed by atoms with Gasteiger partial charge in [-0.15, -0.1) is 0 Å². The molecule has 248 valence electrons. The molecule has 0 spiro atoms. The van der Waals surface area contributed by atoms with Crippen molar-refractivity contribution >= 4 is 63.4 Å². The number of methoxy groups -OCH3 is 2. The first-order valence-corrected chi connectivity index (χ1v) is 17.2. The van der Waals surface area contributed by atoms with E-state index >= 15 is 0 Å². The maximum absolute atomic E-state index is 6.07. The van der Waals surface area contributed by atoms with Crippen LogP contribution in [0, 0.1) is 15.4 Å². The van der Waals surface area contributed by atoms with Crippen molar-refractivity contribution in [2.75, 3.05) is 82.9 Å². The Morgan fingerprint density at radius 3 is 2.11 bits per heavy atom. The summed E-state index contributed by atoms with van der Waals surface area (Å²) in [6.45, 7) is 5.32. The number of halogens is 2. The quantitative estimate of drug-likeness (QED) is 0.177. The van der Waals surface area contributed by atoms with Crippen molar-refractivity contribution in [2.24, 2.45) is 11.8 Å². The summed E-state index contributed by atoms with van der Waals surface area (Å²) < 4.78 is 33.9. The number of nitrogen functional groups attached to an aromatic ring is 1. The number of hydrogen-bond acceptors (Lipinski definition) is 14. The lowest BCUT2D eigenvalue weighted by Gasteiger charge is -2.33. The van der Waals surface area contributed by atoms with Crippen LogP contribution in [0.4, 0.5) is 17.5 Å². The molecule has 0 aromatic carbocycles. The number of aromatic nitrogens is 4. The van der Waals surface area contributed by atoms with Gasteiger partial charge in [0.15, 0.2) is 29.0 Å². The Hall–Kier alpha value is -2.41. The van der Waals surface area contributed by atoms with E-state index < -0.39 is 0 Å². The summed E-state index contributed by atoms with van der Waals surface area (Å²) in [6, 6.07) is 4.61. The second kappa shape index (κ2) is 15.7. The topological polar surface area (TPSA) is 139 Å². The maximum atomic E-state index is 6.07. The summed E-state index contributed by atoms with van der Waals surface area (Å²) in [6.07, 6.45) is 7.21. The highest BCUT2D eigenvalue weighted by Gasteiger charge is 2.40. The first-order valence-electron chi connectivity index (χ1n) is 15.0. The van der Waals surface area contributed by atoms with E-state index in [9.17, 15) is 0 Å². The molecule has 13 nitrogen and oxygen atoms in total. The molecule has 0 saturated carbocycles. The van der Waals surface area contributed by atoms with Gasteiger partial charge in [-0.2, -0.15) is 0 Å². The first-order chi connectivity index (χ1) is 22.4. The molecule has 0 unspecified atom stereocenters. The number of pyridine rings is 2. The predicted octanol–water partition coefficient (Wildman–Crippen LogP) is 4.36. The Balaban J connectivity index is 0.000000172. The minimum atomic E-state index is 0.270. The molecule has 0 aliphatic carbocycles. The van der Waals surface area contributed by atoms with Crippen LogP contribution in [0.1, 0.15) is 12.8 Å². The monoisotopic (exact) mass is 785 g/mol. The molecule has 7 heterocycles. The number of rotatable bonds is 10. The summed E-state index contributed by atoms with van der Waals surface area (Å²) in [5.41, 5.74) is 5.94. The first kappa shape index (κ1) is 33.5. The van der Waals surface area contributed by atoms with Gasteiger partial charge in [0.05, 0.1) is 40.0 Å². The molecule has 16 heteroatoms. The molecule has 4 atom stereocenters. The number of anilines is 3. The van der Waals surface area contributed by atoms with Crippen molar-refractivity contribution in [3.8, 4) is 11.5 Å². The Kier molecular flexibility index (Phi) is 11.4. The molecular weight excluding hydrogens is 749 g/mol. The Morgan fingerprint density at radius 2 is 1.50 bits per heavy atom. The third-order valence-electron chi connectivity index (χ3n) is 8.12. The summed E-state index contributed by atoms with van der Waals surface area (Å²) in [5, 5.41) is 0.859. The van der Waals surface area contributed by atoms with Crippen LogP contribution in [0.2, 0.25) is 5.15 Å². The molecule has 2 N–H and O–H groups in total. The molecule has 0 bridgehead atoms. The second-order valence-corrected chi connectivity index (χ2v) is 14.0. The van der Waals surface area contributed by atoms with E-state index in [2.05, 4.69) is 52.3 Å². The number of fused-ring (bicyclic) bond motifs is 6. The van der Waals surface area contributed by atoms with Crippen molar-refractivity contribution in [3.05, 3.63) is 39.4 Å². The van der Waals surface area contributed by atoms with Gasteiger partial charge in [-0.05, 0) is 47.6 Å². The van der Waals surface area contributed by atoms with Gasteiger partial charge in [-0.3, -0.25) is 0 Å². The summed E-state index contributed by atoms with van der Waals surface area (Å²) in [7, 11) is 3.27. The molecule has 2 saturated heterocycles.